The summed E-state index contributed by atoms with van der Waals surface area (Å²) in [5.74, 6) is 0.757. The summed E-state index contributed by atoms with van der Waals surface area (Å²) in [4.78, 5) is 11.6. The van der Waals surface area contributed by atoms with E-state index in [1.165, 1.54) is 4.68 Å². The van der Waals surface area contributed by atoms with Gasteiger partial charge in [-0.05, 0) is 19.8 Å². The molecule has 5 heteroatoms. The smallest absolute Gasteiger partial charge is 0.345 e. The summed E-state index contributed by atoms with van der Waals surface area (Å²) in [6, 6.07) is 0. The Labute approximate surface area is 82.3 Å². The van der Waals surface area contributed by atoms with Gasteiger partial charge < -0.3 is 4.74 Å². The summed E-state index contributed by atoms with van der Waals surface area (Å²) in [5.41, 5.74) is -0.0574. The van der Waals surface area contributed by atoms with E-state index in [1.807, 2.05) is 6.92 Å². The Hall–Kier alpha value is -1.10. The highest BCUT2D eigenvalue weighted by Crippen LogP contribution is 2.13. The Balaban J connectivity index is 2.19. The van der Waals surface area contributed by atoms with Gasteiger partial charge in [0, 0.05) is 13.7 Å². The molecule has 0 N–H and O–H groups in total. The minimum absolute atomic E-state index is 0.0574. The molecule has 1 aromatic heterocycles. The number of nitrogens with zero attached hydrogens (tertiary/aromatic N) is 3. The van der Waals surface area contributed by atoms with Crippen LogP contribution in [-0.4, -0.2) is 27.1 Å². The van der Waals surface area contributed by atoms with Crippen molar-refractivity contribution in [3.63, 3.8) is 0 Å². The van der Waals surface area contributed by atoms with Gasteiger partial charge in [-0.15, -0.1) is 0 Å². The predicted octanol–water partition coefficient (Wildman–Crippen LogP) is 0.0692. The van der Waals surface area contributed by atoms with Crippen LogP contribution >= 0.6 is 0 Å². The van der Waals surface area contributed by atoms with E-state index in [9.17, 15) is 4.79 Å². The quantitative estimate of drug-likeness (QED) is 0.674. The highest BCUT2D eigenvalue weighted by Gasteiger charge is 2.18. The molecule has 1 aliphatic heterocycles. The summed E-state index contributed by atoms with van der Waals surface area (Å²) in [5, 5.41) is 4.06. The second kappa shape index (κ2) is 3.57. The molecule has 14 heavy (non-hydrogen) atoms. The van der Waals surface area contributed by atoms with E-state index in [0.717, 1.165) is 25.3 Å². The van der Waals surface area contributed by atoms with Crippen molar-refractivity contribution in [1.82, 2.24) is 14.3 Å². The molecule has 0 aliphatic carbocycles. The van der Waals surface area contributed by atoms with Crippen LogP contribution in [0.15, 0.2) is 4.79 Å². The largest absolute Gasteiger partial charge is 0.376 e. The van der Waals surface area contributed by atoms with Crippen molar-refractivity contribution in [1.29, 1.82) is 0 Å². The maximum Gasteiger partial charge on any atom is 0.345 e. The van der Waals surface area contributed by atoms with E-state index >= 15 is 0 Å². The van der Waals surface area contributed by atoms with Crippen molar-refractivity contribution < 1.29 is 4.74 Å². The van der Waals surface area contributed by atoms with Crippen molar-refractivity contribution in [2.75, 3.05) is 6.61 Å². The Morgan fingerprint density at radius 2 is 2.43 bits per heavy atom. The number of ether oxygens (including phenoxy) is 1. The molecule has 0 aromatic carbocycles. The van der Waals surface area contributed by atoms with E-state index < -0.39 is 0 Å². The first-order valence-electron chi connectivity index (χ1n) is 4.90. The molecule has 2 heterocycles. The molecule has 0 bridgehead atoms. The van der Waals surface area contributed by atoms with Crippen molar-refractivity contribution in [3.05, 3.63) is 16.3 Å². The SMILES string of the molecule is Cc1nn(C)c(=O)n1CC1CCCO1. The Bertz CT molecular complexity index is 374. The van der Waals surface area contributed by atoms with Crippen molar-refractivity contribution in [2.45, 2.75) is 32.4 Å². The molecule has 1 aromatic rings. The van der Waals surface area contributed by atoms with Crippen LogP contribution in [0.4, 0.5) is 0 Å². The van der Waals surface area contributed by atoms with E-state index in [-0.39, 0.29) is 11.8 Å². The van der Waals surface area contributed by atoms with Crippen molar-refractivity contribution in [2.24, 2.45) is 7.05 Å². The van der Waals surface area contributed by atoms with E-state index in [4.69, 9.17) is 4.74 Å². The minimum Gasteiger partial charge on any atom is -0.376 e. The van der Waals surface area contributed by atoms with Gasteiger partial charge in [-0.25, -0.2) is 9.48 Å². The lowest BCUT2D eigenvalue weighted by atomic mass is 10.2. The van der Waals surface area contributed by atoms with Gasteiger partial charge in [0.15, 0.2) is 0 Å². The third-order valence-electron chi connectivity index (χ3n) is 2.60. The maximum atomic E-state index is 11.6. The second-order valence-electron chi connectivity index (χ2n) is 3.70. The lowest BCUT2D eigenvalue weighted by molar-refractivity contribution is 0.0955. The highest BCUT2D eigenvalue weighted by molar-refractivity contribution is 4.84. The molecular weight excluding hydrogens is 182 g/mol. The molecule has 1 atom stereocenters. The van der Waals surface area contributed by atoms with Gasteiger partial charge in [-0.3, -0.25) is 4.57 Å². The van der Waals surface area contributed by atoms with Crippen LogP contribution in [-0.2, 0) is 18.3 Å². The van der Waals surface area contributed by atoms with Gasteiger partial charge in [-0.2, -0.15) is 5.10 Å². The van der Waals surface area contributed by atoms with Gasteiger partial charge in [0.2, 0.25) is 0 Å². The molecule has 2 rings (SSSR count). The zero-order valence-corrected chi connectivity index (χ0v) is 8.56. The predicted molar refractivity (Wildman–Crippen MR) is 51.2 cm³/mol. The summed E-state index contributed by atoms with van der Waals surface area (Å²) < 4.78 is 8.52. The first-order chi connectivity index (χ1) is 6.68. The number of hydrogen-bond donors (Lipinski definition) is 0. The zero-order chi connectivity index (χ0) is 10.1. The third-order valence-corrected chi connectivity index (χ3v) is 2.60. The van der Waals surface area contributed by atoms with E-state index in [1.54, 1.807) is 11.6 Å². The molecule has 78 valence electrons. The van der Waals surface area contributed by atoms with Gasteiger partial charge in [0.1, 0.15) is 5.82 Å². The Morgan fingerprint density at radius 1 is 1.64 bits per heavy atom. The van der Waals surface area contributed by atoms with E-state index in [2.05, 4.69) is 5.10 Å². The standard InChI is InChI=1S/C9H15N3O2/c1-7-10-11(2)9(13)12(7)6-8-4-3-5-14-8/h8H,3-6H2,1-2H3. The van der Waals surface area contributed by atoms with E-state index in [0.29, 0.717) is 6.54 Å². The van der Waals surface area contributed by atoms with Crippen LogP contribution in [0.25, 0.3) is 0 Å². The van der Waals surface area contributed by atoms with Crippen molar-refractivity contribution >= 4 is 0 Å². The average Bonchev–Trinajstić information content (AvgIpc) is 2.71. The highest BCUT2D eigenvalue weighted by atomic mass is 16.5. The van der Waals surface area contributed by atoms with Crippen LogP contribution < -0.4 is 5.69 Å². The maximum absolute atomic E-state index is 11.6. The number of hydrogen-bond acceptors (Lipinski definition) is 3. The summed E-state index contributed by atoms with van der Waals surface area (Å²) in [6.07, 6.45) is 2.33. The molecule has 0 saturated carbocycles. The average molecular weight is 197 g/mol. The number of aryl methyl sites for hydroxylation is 2. The zero-order valence-electron chi connectivity index (χ0n) is 8.56. The van der Waals surface area contributed by atoms with Gasteiger partial charge in [0.05, 0.1) is 12.6 Å². The molecule has 1 fully saturated rings. The van der Waals surface area contributed by atoms with Gasteiger partial charge >= 0.3 is 5.69 Å². The molecule has 1 aliphatic rings. The van der Waals surface area contributed by atoms with Crippen LogP contribution in [0.5, 0.6) is 0 Å². The van der Waals surface area contributed by atoms with Crippen molar-refractivity contribution in [3.8, 4) is 0 Å². The fourth-order valence-corrected chi connectivity index (χ4v) is 1.83. The Morgan fingerprint density at radius 3 is 2.93 bits per heavy atom. The minimum atomic E-state index is -0.0574. The Kier molecular flexibility index (Phi) is 2.41. The number of aromatic nitrogens is 3. The molecular formula is C9H15N3O2. The van der Waals surface area contributed by atoms with Gasteiger partial charge in [-0.1, -0.05) is 0 Å². The lowest BCUT2D eigenvalue weighted by Gasteiger charge is -2.09. The van der Waals surface area contributed by atoms with Crippen LogP contribution in [0.1, 0.15) is 18.7 Å². The lowest BCUT2D eigenvalue weighted by Crippen LogP contribution is -2.28. The van der Waals surface area contributed by atoms with Gasteiger partial charge in [0.25, 0.3) is 0 Å². The molecule has 0 amide bonds. The topological polar surface area (TPSA) is 49.0 Å². The van der Waals surface area contributed by atoms with Crippen LogP contribution in [0.3, 0.4) is 0 Å². The molecule has 0 radical (unpaired) electrons. The fraction of sp³-hybridized carbons (Fsp3) is 0.778. The van der Waals surface area contributed by atoms with Crippen LogP contribution in [0, 0.1) is 6.92 Å². The third kappa shape index (κ3) is 1.59. The second-order valence-corrected chi connectivity index (χ2v) is 3.70. The molecule has 1 unspecified atom stereocenters. The van der Waals surface area contributed by atoms with Crippen LogP contribution in [0.2, 0.25) is 0 Å². The number of rotatable bonds is 2. The molecule has 5 nitrogen and oxygen atoms in total. The first kappa shape index (κ1) is 9.45. The monoisotopic (exact) mass is 197 g/mol. The summed E-state index contributed by atoms with van der Waals surface area (Å²) in [7, 11) is 1.67. The molecule has 0 spiro atoms. The molecule has 1 saturated heterocycles. The summed E-state index contributed by atoms with van der Waals surface area (Å²) >= 11 is 0. The first-order valence-corrected chi connectivity index (χ1v) is 4.90. The summed E-state index contributed by atoms with van der Waals surface area (Å²) in [6.45, 7) is 3.30. The fourth-order valence-electron chi connectivity index (χ4n) is 1.83. The normalized spacial score (nSPS) is 21.7.